The van der Waals surface area contributed by atoms with Crippen molar-refractivity contribution in [1.29, 1.82) is 0 Å². The first kappa shape index (κ1) is 18.3. The summed E-state index contributed by atoms with van der Waals surface area (Å²) in [5, 5.41) is 11.0. The summed E-state index contributed by atoms with van der Waals surface area (Å²) in [6, 6.07) is 12.4. The molecule has 2 aromatic heterocycles. The molecule has 1 amide bonds. The van der Waals surface area contributed by atoms with Crippen molar-refractivity contribution in [2.75, 3.05) is 17.7 Å². The largest absolute Gasteiger partial charge is 0.485 e. The standard InChI is InChI=1S/C19H15N5O5S/c25-16(20-10-5-6-11-12(7-10)22-18(26)21-11)9-30-19-24-23-17(29-19)15-8-27-13-3-1-2-4-14(13)28-15/h1-7,15H,8-9H2,(H,20,25)(H2,21,22,26)/t15-/m1/s1. The monoisotopic (exact) mass is 425 g/mol. The number of nitrogens with zero attached hydrogens (tertiary/aromatic N) is 2. The minimum atomic E-state index is -0.509. The summed E-state index contributed by atoms with van der Waals surface area (Å²) < 4.78 is 17.1. The number of imidazole rings is 1. The van der Waals surface area contributed by atoms with Crippen molar-refractivity contribution >= 4 is 34.4 Å². The highest BCUT2D eigenvalue weighted by molar-refractivity contribution is 7.99. The minimum Gasteiger partial charge on any atom is -0.485 e. The molecule has 4 aromatic rings. The number of para-hydroxylation sites is 2. The second kappa shape index (κ2) is 7.59. The molecule has 0 bridgehead atoms. The molecule has 0 saturated heterocycles. The Morgan fingerprint density at radius 1 is 1.13 bits per heavy atom. The Hall–Kier alpha value is -3.73. The number of hydrogen-bond acceptors (Lipinski definition) is 8. The maximum atomic E-state index is 12.2. The van der Waals surface area contributed by atoms with E-state index in [4.69, 9.17) is 13.9 Å². The van der Waals surface area contributed by atoms with E-state index < -0.39 is 6.10 Å². The van der Waals surface area contributed by atoms with E-state index in [0.29, 0.717) is 28.2 Å². The number of H-pyrrole nitrogens is 2. The predicted octanol–water partition coefficient (Wildman–Crippen LogP) is 2.48. The molecule has 152 valence electrons. The summed E-state index contributed by atoms with van der Waals surface area (Å²) in [5.74, 6) is 1.40. The van der Waals surface area contributed by atoms with Gasteiger partial charge in [0.25, 0.3) is 11.1 Å². The summed E-state index contributed by atoms with van der Waals surface area (Å²) in [5.41, 5.74) is 1.55. The number of benzene rings is 2. The molecule has 0 spiro atoms. The molecule has 30 heavy (non-hydrogen) atoms. The van der Waals surface area contributed by atoms with Gasteiger partial charge < -0.3 is 29.2 Å². The van der Waals surface area contributed by atoms with Gasteiger partial charge >= 0.3 is 5.69 Å². The lowest BCUT2D eigenvalue weighted by Gasteiger charge is -2.23. The van der Waals surface area contributed by atoms with Gasteiger partial charge in [-0.15, -0.1) is 10.2 Å². The summed E-state index contributed by atoms with van der Waals surface area (Å²) in [6.07, 6.45) is -0.509. The third-order valence-electron chi connectivity index (χ3n) is 4.33. The molecular formula is C19H15N5O5S. The van der Waals surface area contributed by atoms with Crippen molar-refractivity contribution in [2.45, 2.75) is 11.3 Å². The van der Waals surface area contributed by atoms with E-state index in [-0.39, 0.29) is 35.1 Å². The summed E-state index contributed by atoms with van der Waals surface area (Å²) in [7, 11) is 0. The van der Waals surface area contributed by atoms with E-state index in [1.54, 1.807) is 24.3 Å². The van der Waals surface area contributed by atoms with Gasteiger partial charge in [0.2, 0.25) is 12.0 Å². The average Bonchev–Trinajstić information content (AvgIpc) is 3.37. The van der Waals surface area contributed by atoms with Crippen molar-refractivity contribution in [1.82, 2.24) is 20.2 Å². The molecular weight excluding hydrogens is 410 g/mol. The number of nitrogens with one attached hydrogen (secondary N) is 3. The molecule has 3 N–H and O–H groups in total. The van der Waals surface area contributed by atoms with Crippen LogP contribution in [0.5, 0.6) is 11.5 Å². The van der Waals surface area contributed by atoms with Gasteiger partial charge in [0, 0.05) is 5.69 Å². The molecule has 10 nitrogen and oxygen atoms in total. The Morgan fingerprint density at radius 2 is 1.97 bits per heavy atom. The van der Waals surface area contributed by atoms with Crippen LogP contribution in [-0.4, -0.2) is 38.4 Å². The van der Waals surface area contributed by atoms with Crippen LogP contribution in [0.1, 0.15) is 12.0 Å². The van der Waals surface area contributed by atoms with Crippen molar-refractivity contribution in [3.63, 3.8) is 0 Å². The molecule has 1 aliphatic rings. The summed E-state index contributed by atoms with van der Waals surface area (Å²) >= 11 is 1.11. The van der Waals surface area contributed by atoms with E-state index in [0.717, 1.165) is 11.8 Å². The maximum Gasteiger partial charge on any atom is 0.323 e. The van der Waals surface area contributed by atoms with Gasteiger partial charge in [-0.1, -0.05) is 23.9 Å². The second-order valence-electron chi connectivity index (χ2n) is 6.45. The molecule has 0 unspecified atom stereocenters. The number of carbonyl (C=O) groups is 1. The van der Waals surface area contributed by atoms with Gasteiger partial charge in [-0.05, 0) is 30.3 Å². The Bertz CT molecular complexity index is 1280. The highest BCUT2D eigenvalue weighted by Crippen LogP contribution is 2.35. The van der Waals surface area contributed by atoms with Crippen LogP contribution in [0.4, 0.5) is 5.69 Å². The van der Waals surface area contributed by atoms with Crippen LogP contribution in [0.2, 0.25) is 0 Å². The zero-order valence-electron chi connectivity index (χ0n) is 15.4. The van der Waals surface area contributed by atoms with E-state index in [9.17, 15) is 9.59 Å². The van der Waals surface area contributed by atoms with Crippen molar-refractivity contribution < 1.29 is 18.7 Å². The smallest absolute Gasteiger partial charge is 0.323 e. The van der Waals surface area contributed by atoms with Crippen molar-refractivity contribution in [2.24, 2.45) is 0 Å². The lowest BCUT2D eigenvalue weighted by atomic mass is 10.2. The van der Waals surface area contributed by atoms with Gasteiger partial charge in [-0.3, -0.25) is 4.79 Å². The lowest BCUT2D eigenvalue weighted by Crippen LogP contribution is -2.21. The van der Waals surface area contributed by atoms with Crippen LogP contribution in [0, 0.1) is 0 Å². The predicted molar refractivity (Wildman–Crippen MR) is 108 cm³/mol. The number of rotatable bonds is 5. The number of aromatic amines is 2. The quantitative estimate of drug-likeness (QED) is 0.415. The first-order valence-electron chi connectivity index (χ1n) is 9.00. The van der Waals surface area contributed by atoms with Gasteiger partial charge in [0.15, 0.2) is 11.5 Å². The van der Waals surface area contributed by atoms with Gasteiger partial charge in [0.05, 0.1) is 16.8 Å². The zero-order valence-corrected chi connectivity index (χ0v) is 16.2. The fourth-order valence-corrected chi connectivity index (χ4v) is 3.55. The molecule has 5 rings (SSSR count). The number of amides is 1. The maximum absolute atomic E-state index is 12.2. The van der Waals surface area contributed by atoms with E-state index >= 15 is 0 Å². The zero-order chi connectivity index (χ0) is 20.5. The number of ether oxygens (including phenoxy) is 2. The van der Waals surface area contributed by atoms with Gasteiger partial charge in [-0.2, -0.15) is 0 Å². The Labute approximate surface area is 173 Å². The van der Waals surface area contributed by atoms with E-state index in [1.165, 1.54) is 0 Å². The summed E-state index contributed by atoms with van der Waals surface area (Å²) in [4.78, 5) is 28.8. The normalized spacial score (nSPS) is 15.3. The van der Waals surface area contributed by atoms with Crippen LogP contribution in [0.25, 0.3) is 11.0 Å². The number of carbonyl (C=O) groups excluding carboxylic acids is 1. The van der Waals surface area contributed by atoms with Crippen LogP contribution in [0.3, 0.4) is 0 Å². The van der Waals surface area contributed by atoms with Crippen LogP contribution in [0.15, 0.2) is 56.9 Å². The molecule has 1 atom stereocenters. The number of fused-ring (bicyclic) bond motifs is 2. The highest BCUT2D eigenvalue weighted by atomic mass is 32.2. The third kappa shape index (κ3) is 3.74. The van der Waals surface area contributed by atoms with Crippen LogP contribution < -0.4 is 20.5 Å². The Balaban J connectivity index is 1.18. The van der Waals surface area contributed by atoms with Gasteiger partial charge in [0.1, 0.15) is 6.61 Å². The minimum absolute atomic E-state index is 0.0776. The fraction of sp³-hybridized carbons (Fsp3) is 0.158. The SMILES string of the molecule is O=C(CSc1nnc([C@H]2COc3ccccc3O2)o1)Nc1ccc2[nH]c(=O)[nH]c2c1. The highest BCUT2D eigenvalue weighted by Gasteiger charge is 2.27. The first-order chi connectivity index (χ1) is 14.6. The Morgan fingerprint density at radius 3 is 2.87 bits per heavy atom. The Kier molecular flexibility index (Phi) is 4.64. The molecule has 0 aliphatic carbocycles. The number of thioether (sulfide) groups is 1. The lowest BCUT2D eigenvalue weighted by molar-refractivity contribution is -0.113. The second-order valence-corrected chi connectivity index (χ2v) is 7.37. The van der Waals surface area contributed by atoms with Crippen LogP contribution in [-0.2, 0) is 4.79 Å². The average molecular weight is 425 g/mol. The number of anilines is 1. The first-order valence-corrected chi connectivity index (χ1v) is 9.99. The fourth-order valence-electron chi connectivity index (χ4n) is 2.98. The number of hydrogen-bond donors (Lipinski definition) is 3. The molecule has 0 radical (unpaired) electrons. The number of aromatic nitrogens is 4. The topological polar surface area (TPSA) is 135 Å². The van der Waals surface area contributed by atoms with E-state index in [2.05, 4.69) is 25.5 Å². The molecule has 11 heteroatoms. The van der Waals surface area contributed by atoms with E-state index in [1.807, 2.05) is 18.2 Å². The van der Waals surface area contributed by atoms with Crippen molar-refractivity contribution in [3.05, 3.63) is 58.8 Å². The molecule has 0 fully saturated rings. The van der Waals surface area contributed by atoms with Gasteiger partial charge in [-0.25, -0.2) is 4.79 Å². The van der Waals surface area contributed by atoms with Crippen LogP contribution >= 0.6 is 11.8 Å². The third-order valence-corrected chi connectivity index (χ3v) is 5.15. The molecule has 3 heterocycles. The molecule has 0 saturated carbocycles. The van der Waals surface area contributed by atoms with Crippen molar-refractivity contribution in [3.8, 4) is 11.5 Å². The molecule has 2 aromatic carbocycles. The summed E-state index contributed by atoms with van der Waals surface area (Å²) in [6.45, 7) is 0.257. The molecule has 1 aliphatic heterocycles.